The number of halogens is 1. The van der Waals surface area contributed by atoms with Crippen LogP contribution >= 0.6 is 15.9 Å². The SMILES string of the molecule is O=C(Oc1c(CN2CCCCC2)ccc2ccccc12)c1ccc(Br)cc1. The lowest BCUT2D eigenvalue weighted by molar-refractivity contribution is 0.0733. The van der Waals surface area contributed by atoms with Gasteiger partial charge in [0.25, 0.3) is 0 Å². The molecule has 0 atom stereocenters. The fraction of sp³-hybridized carbons (Fsp3) is 0.261. The van der Waals surface area contributed by atoms with E-state index in [0.717, 1.165) is 40.4 Å². The van der Waals surface area contributed by atoms with E-state index >= 15 is 0 Å². The zero-order valence-electron chi connectivity index (χ0n) is 15.2. The molecule has 0 amide bonds. The maximum absolute atomic E-state index is 12.8. The first kappa shape index (κ1) is 18.2. The summed E-state index contributed by atoms with van der Waals surface area (Å²) >= 11 is 3.40. The second-order valence-electron chi connectivity index (χ2n) is 7.01. The van der Waals surface area contributed by atoms with Crippen molar-refractivity contribution in [1.29, 1.82) is 0 Å². The number of carbonyl (C=O) groups excluding carboxylic acids is 1. The van der Waals surface area contributed by atoms with Crippen LogP contribution in [0.4, 0.5) is 0 Å². The van der Waals surface area contributed by atoms with Crippen molar-refractivity contribution in [2.24, 2.45) is 0 Å². The van der Waals surface area contributed by atoms with Gasteiger partial charge in [0, 0.05) is 22.0 Å². The normalized spacial score (nSPS) is 15.0. The average molecular weight is 424 g/mol. The Hall–Kier alpha value is -2.17. The zero-order chi connectivity index (χ0) is 18.6. The molecule has 1 aliphatic heterocycles. The molecule has 0 unspecified atom stereocenters. The Kier molecular flexibility index (Phi) is 5.55. The summed E-state index contributed by atoms with van der Waals surface area (Å²) in [5.41, 5.74) is 1.62. The number of likely N-dealkylation sites (tertiary alicyclic amines) is 1. The van der Waals surface area contributed by atoms with Crippen LogP contribution in [0.5, 0.6) is 5.75 Å². The van der Waals surface area contributed by atoms with Gasteiger partial charge < -0.3 is 4.74 Å². The highest BCUT2D eigenvalue weighted by Gasteiger charge is 2.18. The van der Waals surface area contributed by atoms with Crippen LogP contribution in [0, 0.1) is 0 Å². The second-order valence-corrected chi connectivity index (χ2v) is 7.92. The lowest BCUT2D eigenvalue weighted by Gasteiger charge is -2.27. The molecule has 0 aromatic heterocycles. The van der Waals surface area contributed by atoms with Crippen LogP contribution in [0.15, 0.2) is 65.1 Å². The highest BCUT2D eigenvalue weighted by atomic mass is 79.9. The summed E-state index contributed by atoms with van der Waals surface area (Å²) in [4.78, 5) is 15.2. The van der Waals surface area contributed by atoms with Crippen LogP contribution in [-0.2, 0) is 6.54 Å². The Morgan fingerprint density at radius 3 is 2.44 bits per heavy atom. The first-order valence-electron chi connectivity index (χ1n) is 9.41. The molecule has 1 fully saturated rings. The van der Waals surface area contributed by atoms with E-state index in [0.29, 0.717) is 11.3 Å². The van der Waals surface area contributed by atoms with E-state index in [1.165, 1.54) is 19.3 Å². The largest absolute Gasteiger partial charge is 0.422 e. The molecule has 0 aliphatic carbocycles. The summed E-state index contributed by atoms with van der Waals surface area (Å²) in [5, 5.41) is 2.07. The first-order chi connectivity index (χ1) is 13.2. The van der Waals surface area contributed by atoms with E-state index in [-0.39, 0.29) is 5.97 Å². The lowest BCUT2D eigenvalue weighted by Crippen LogP contribution is -2.29. The van der Waals surface area contributed by atoms with E-state index in [2.05, 4.69) is 39.0 Å². The van der Waals surface area contributed by atoms with Crippen LogP contribution in [0.1, 0.15) is 35.2 Å². The molecule has 1 heterocycles. The van der Waals surface area contributed by atoms with Crippen molar-refractivity contribution in [3.63, 3.8) is 0 Å². The number of benzene rings is 3. The maximum Gasteiger partial charge on any atom is 0.343 e. The maximum atomic E-state index is 12.8. The molecule has 27 heavy (non-hydrogen) atoms. The quantitative estimate of drug-likeness (QED) is 0.391. The third kappa shape index (κ3) is 4.23. The first-order valence-corrected chi connectivity index (χ1v) is 10.2. The number of fused-ring (bicyclic) bond motifs is 1. The van der Waals surface area contributed by atoms with Gasteiger partial charge in [-0.1, -0.05) is 58.7 Å². The highest BCUT2D eigenvalue weighted by Crippen LogP contribution is 2.32. The van der Waals surface area contributed by atoms with Crippen molar-refractivity contribution in [3.05, 3.63) is 76.3 Å². The smallest absolute Gasteiger partial charge is 0.343 e. The minimum atomic E-state index is -0.321. The van der Waals surface area contributed by atoms with Gasteiger partial charge in [-0.25, -0.2) is 4.79 Å². The Morgan fingerprint density at radius 2 is 1.67 bits per heavy atom. The van der Waals surface area contributed by atoms with E-state index in [4.69, 9.17) is 4.74 Å². The minimum Gasteiger partial charge on any atom is -0.422 e. The van der Waals surface area contributed by atoms with E-state index < -0.39 is 0 Å². The molecular formula is C23H22BrNO2. The predicted molar refractivity (Wildman–Crippen MR) is 112 cm³/mol. The fourth-order valence-corrected chi connectivity index (χ4v) is 3.89. The van der Waals surface area contributed by atoms with Crippen LogP contribution in [-0.4, -0.2) is 24.0 Å². The summed E-state index contributed by atoms with van der Waals surface area (Å²) in [7, 11) is 0. The average Bonchev–Trinajstić information content (AvgIpc) is 2.71. The van der Waals surface area contributed by atoms with Gasteiger partial charge in [0.1, 0.15) is 5.75 Å². The predicted octanol–water partition coefficient (Wildman–Crippen LogP) is 5.81. The number of rotatable bonds is 4. The number of carbonyl (C=O) groups is 1. The van der Waals surface area contributed by atoms with E-state index in [1.807, 2.05) is 30.3 Å². The lowest BCUT2D eigenvalue weighted by atomic mass is 10.0. The van der Waals surface area contributed by atoms with Crippen LogP contribution < -0.4 is 4.74 Å². The van der Waals surface area contributed by atoms with Crippen LogP contribution in [0.25, 0.3) is 10.8 Å². The molecule has 0 spiro atoms. The van der Waals surface area contributed by atoms with Gasteiger partial charge in [0.15, 0.2) is 0 Å². The highest BCUT2D eigenvalue weighted by molar-refractivity contribution is 9.10. The molecular weight excluding hydrogens is 402 g/mol. The van der Waals surface area contributed by atoms with Crippen molar-refractivity contribution >= 4 is 32.7 Å². The van der Waals surface area contributed by atoms with Crippen molar-refractivity contribution in [2.75, 3.05) is 13.1 Å². The fourth-order valence-electron chi connectivity index (χ4n) is 3.63. The van der Waals surface area contributed by atoms with Gasteiger partial charge in [0.05, 0.1) is 5.56 Å². The summed E-state index contributed by atoms with van der Waals surface area (Å²) in [6.07, 6.45) is 3.78. The Morgan fingerprint density at radius 1 is 0.926 bits per heavy atom. The molecule has 1 aliphatic rings. The molecule has 3 aromatic carbocycles. The molecule has 1 saturated heterocycles. The third-order valence-electron chi connectivity index (χ3n) is 5.08. The van der Waals surface area contributed by atoms with E-state index in [1.54, 1.807) is 12.1 Å². The number of hydrogen-bond acceptors (Lipinski definition) is 3. The topological polar surface area (TPSA) is 29.5 Å². The monoisotopic (exact) mass is 423 g/mol. The van der Waals surface area contributed by atoms with Crippen molar-refractivity contribution < 1.29 is 9.53 Å². The molecule has 0 radical (unpaired) electrons. The zero-order valence-corrected chi connectivity index (χ0v) is 16.7. The number of hydrogen-bond donors (Lipinski definition) is 0. The molecule has 0 bridgehead atoms. The summed E-state index contributed by atoms with van der Waals surface area (Å²) < 4.78 is 6.89. The molecule has 3 aromatic rings. The standard InChI is InChI=1S/C23H22BrNO2/c24-20-12-10-18(11-13-20)23(26)27-22-19(16-25-14-4-1-5-15-25)9-8-17-6-2-3-7-21(17)22/h2-3,6-13H,1,4-5,14-16H2. The van der Waals surface area contributed by atoms with Crippen molar-refractivity contribution in [2.45, 2.75) is 25.8 Å². The third-order valence-corrected chi connectivity index (χ3v) is 5.61. The van der Waals surface area contributed by atoms with Gasteiger partial charge in [-0.3, -0.25) is 4.90 Å². The van der Waals surface area contributed by atoms with Crippen LogP contribution in [0.3, 0.4) is 0 Å². The molecule has 0 saturated carbocycles. The molecule has 4 rings (SSSR count). The van der Waals surface area contributed by atoms with Crippen molar-refractivity contribution in [3.8, 4) is 5.75 Å². The molecule has 0 N–H and O–H groups in total. The van der Waals surface area contributed by atoms with Crippen LogP contribution in [0.2, 0.25) is 0 Å². The minimum absolute atomic E-state index is 0.321. The van der Waals surface area contributed by atoms with E-state index in [9.17, 15) is 4.79 Å². The summed E-state index contributed by atoms with van der Waals surface area (Å²) in [6.45, 7) is 3.02. The summed E-state index contributed by atoms with van der Waals surface area (Å²) in [5.74, 6) is 0.366. The van der Waals surface area contributed by atoms with Gasteiger partial charge in [0.2, 0.25) is 0 Å². The molecule has 138 valence electrons. The van der Waals surface area contributed by atoms with Gasteiger partial charge in [-0.05, 0) is 55.6 Å². The summed E-state index contributed by atoms with van der Waals surface area (Å²) in [6, 6.07) is 19.6. The Labute approximate surface area is 168 Å². The number of ether oxygens (including phenoxy) is 1. The molecule has 4 heteroatoms. The Balaban J connectivity index is 1.68. The van der Waals surface area contributed by atoms with Gasteiger partial charge >= 0.3 is 5.97 Å². The Bertz CT molecular complexity index is 946. The van der Waals surface area contributed by atoms with Gasteiger partial charge in [-0.15, -0.1) is 0 Å². The van der Waals surface area contributed by atoms with Crippen molar-refractivity contribution in [1.82, 2.24) is 4.90 Å². The second kappa shape index (κ2) is 8.24. The number of piperidine rings is 1. The number of nitrogens with zero attached hydrogens (tertiary/aromatic N) is 1. The molecule has 3 nitrogen and oxygen atoms in total. The van der Waals surface area contributed by atoms with Gasteiger partial charge in [-0.2, -0.15) is 0 Å². The number of esters is 1.